The zero-order valence-electron chi connectivity index (χ0n) is 12.8. The summed E-state index contributed by atoms with van der Waals surface area (Å²) in [5.74, 6) is 0.565. The summed E-state index contributed by atoms with van der Waals surface area (Å²) in [6.07, 6.45) is 3.80. The average Bonchev–Trinajstić information content (AvgIpc) is 2.49. The van der Waals surface area contributed by atoms with Crippen molar-refractivity contribution in [1.82, 2.24) is 19.9 Å². The van der Waals surface area contributed by atoms with Crippen molar-refractivity contribution in [3.8, 4) is 0 Å². The van der Waals surface area contributed by atoms with Gasteiger partial charge in [-0.3, -0.25) is 9.36 Å². The molecule has 6 nitrogen and oxygen atoms in total. The van der Waals surface area contributed by atoms with Crippen molar-refractivity contribution < 1.29 is 0 Å². The van der Waals surface area contributed by atoms with Crippen molar-refractivity contribution in [1.29, 1.82) is 0 Å². The fourth-order valence-corrected chi connectivity index (χ4v) is 2.99. The summed E-state index contributed by atoms with van der Waals surface area (Å²) in [6.45, 7) is 5.88. The lowest BCUT2D eigenvalue weighted by molar-refractivity contribution is 0.477. The van der Waals surface area contributed by atoms with Gasteiger partial charge in [-0.15, -0.1) is 0 Å². The van der Waals surface area contributed by atoms with Crippen LogP contribution in [0.15, 0.2) is 17.1 Å². The van der Waals surface area contributed by atoms with Gasteiger partial charge in [-0.25, -0.2) is 4.98 Å². The van der Waals surface area contributed by atoms with Crippen molar-refractivity contribution in [2.75, 3.05) is 18.4 Å². The van der Waals surface area contributed by atoms with Gasteiger partial charge in [0.1, 0.15) is 10.7 Å². The number of pyridine rings is 1. The molecule has 22 heavy (non-hydrogen) atoms. The standard InChI is InChI=1S/C15H20ClN5O/c1-9(2)21-13-10(7-12(16)14(21)22)8-18-15(20-13)19-11-3-5-17-6-4-11/h7-9,11,17H,3-6H2,1-2H3,(H,18,19,20). The Morgan fingerprint density at radius 1 is 1.41 bits per heavy atom. The van der Waals surface area contributed by atoms with Crippen molar-refractivity contribution in [2.24, 2.45) is 0 Å². The molecule has 1 aliphatic heterocycles. The van der Waals surface area contributed by atoms with Crippen molar-refractivity contribution in [3.63, 3.8) is 0 Å². The van der Waals surface area contributed by atoms with Gasteiger partial charge < -0.3 is 10.6 Å². The van der Waals surface area contributed by atoms with Gasteiger partial charge in [0, 0.05) is 23.7 Å². The van der Waals surface area contributed by atoms with Gasteiger partial charge >= 0.3 is 0 Å². The zero-order chi connectivity index (χ0) is 15.7. The summed E-state index contributed by atoms with van der Waals surface area (Å²) < 4.78 is 1.62. The number of halogens is 1. The van der Waals surface area contributed by atoms with Gasteiger partial charge in [-0.2, -0.15) is 4.98 Å². The summed E-state index contributed by atoms with van der Waals surface area (Å²) in [6, 6.07) is 1.98. The first-order chi connectivity index (χ1) is 10.6. The van der Waals surface area contributed by atoms with Crippen LogP contribution in [0, 0.1) is 0 Å². The molecule has 0 amide bonds. The summed E-state index contributed by atoms with van der Waals surface area (Å²) in [4.78, 5) is 21.2. The fourth-order valence-electron chi connectivity index (χ4n) is 2.78. The largest absolute Gasteiger partial charge is 0.351 e. The second kappa shape index (κ2) is 6.22. The molecule has 1 saturated heterocycles. The minimum atomic E-state index is -0.212. The fraction of sp³-hybridized carbons (Fsp3) is 0.533. The molecule has 2 aromatic rings. The molecule has 3 heterocycles. The molecule has 1 fully saturated rings. The molecular formula is C15H20ClN5O. The summed E-state index contributed by atoms with van der Waals surface area (Å²) in [5.41, 5.74) is 0.409. The van der Waals surface area contributed by atoms with Gasteiger partial charge in [0.05, 0.1) is 0 Å². The van der Waals surface area contributed by atoms with Crippen LogP contribution in [0.5, 0.6) is 0 Å². The molecule has 0 radical (unpaired) electrons. The number of nitrogens with zero attached hydrogens (tertiary/aromatic N) is 3. The first-order valence-electron chi connectivity index (χ1n) is 7.61. The van der Waals surface area contributed by atoms with Crippen LogP contribution >= 0.6 is 11.6 Å². The van der Waals surface area contributed by atoms with Gasteiger partial charge in [0.25, 0.3) is 5.56 Å². The molecular weight excluding hydrogens is 302 g/mol. The van der Waals surface area contributed by atoms with E-state index in [2.05, 4.69) is 20.6 Å². The molecule has 0 spiro atoms. The smallest absolute Gasteiger partial charge is 0.271 e. The van der Waals surface area contributed by atoms with Crippen LogP contribution in [0.1, 0.15) is 32.7 Å². The predicted molar refractivity (Wildman–Crippen MR) is 88.7 cm³/mol. The number of fused-ring (bicyclic) bond motifs is 1. The monoisotopic (exact) mass is 321 g/mol. The van der Waals surface area contributed by atoms with E-state index in [0.717, 1.165) is 31.3 Å². The lowest BCUT2D eigenvalue weighted by Crippen LogP contribution is -2.35. The molecule has 0 unspecified atom stereocenters. The highest BCUT2D eigenvalue weighted by atomic mass is 35.5. The summed E-state index contributed by atoms with van der Waals surface area (Å²) in [5, 5.41) is 7.66. The molecule has 2 aromatic heterocycles. The normalized spacial score (nSPS) is 16.4. The van der Waals surface area contributed by atoms with Gasteiger partial charge in [0.2, 0.25) is 5.95 Å². The molecule has 1 aliphatic rings. The second-order valence-electron chi connectivity index (χ2n) is 5.90. The van der Waals surface area contributed by atoms with Crippen LogP contribution in [0.25, 0.3) is 11.0 Å². The van der Waals surface area contributed by atoms with E-state index in [-0.39, 0.29) is 16.6 Å². The first kappa shape index (κ1) is 15.2. The maximum atomic E-state index is 12.3. The Morgan fingerprint density at radius 3 is 2.82 bits per heavy atom. The Hall–Kier alpha value is -1.66. The summed E-state index contributed by atoms with van der Waals surface area (Å²) >= 11 is 6.02. The number of hydrogen-bond donors (Lipinski definition) is 2. The van der Waals surface area contributed by atoms with E-state index in [1.54, 1.807) is 16.8 Å². The number of rotatable bonds is 3. The molecule has 0 aromatic carbocycles. The van der Waals surface area contributed by atoms with Crippen LogP contribution < -0.4 is 16.2 Å². The Kier molecular flexibility index (Phi) is 4.31. The van der Waals surface area contributed by atoms with E-state index < -0.39 is 0 Å². The predicted octanol–water partition coefficient (Wildman–Crippen LogP) is 2.19. The van der Waals surface area contributed by atoms with Crippen molar-refractivity contribution >= 4 is 28.6 Å². The summed E-state index contributed by atoms with van der Waals surface area (Å²) in [7, 11) is 0. The molecule has 7 heteroatoms. The maximum absolute atomic E-state index is 12.3. The topological polar surface area (TPSA) is 71.8 Å². The third-order valence-corrected chi connectivity index (χ3v) is 4.19. The molecule has 0 aliphatic carbocycles. The highest BCUT2D eigenvalue weighted by Crippen LogP contribution is 2.19. The molecule has 3 rings (SSSR count). The number of anilines is 1. The minimum Gasteiger partial charge on any atom is -0.351 e. The van der Waals surface area contributed by atoms with Gasteiger partial charge in [0.15, 0.2) is 0 Å². The number of nitrogens with one attached hydrogen (secondary N) is 2. The lowest BCUT2D eigenvalue weighted by Gasteiger charge is -2.23. The maximum Gasteiger partial charge on any atom is 0.271 e. The molecule has 118 valence electrons. The zero-order valence-corrected chi connectivity index (χ0v) is 13.5. The highest BCUT2D eigenvalue weighted by molar-refractivity contribution is 6.31. The molecule has 0 atom stereocenters. The SMILES string of the molecule is CC(C)n1c(=O)c(Cl)cc2cnc(NC3CCNCC3)nc21. The van der Waals surface area contributed by atoms with Crippen LogP contribution in [0.2, 0.25) is 5.02 Å². The van der Waals surface area contributed by atoms with Gasteiger partial charge in [-0.05, 0) is 45.8 Å². The third kappa shape index (κ3) is 2.94. The second-order valence-corrected chi connectivity index (χ2v) is 6.31. The number of aromatic nitrogens is 3. The van der Waals surface area contributed by atoms with Crippen LogP contribution in [0.3, 0.4) is 0 Å². The highest BCUT2D eigenvalue weighted by Gasteiger charge is 2.16. The number of hydrogen-bond acceptors (Lipinski definition) is 5. The van der Waals surface area contributed by atoms with E-state index in [1.165, 1.54) is 0 Å². The lowest BCUT2D eigenvalue weighted by atomic mass is 10.1. The minimum absolute atomic E-state index is 0.0182. The third-order valence-electron chi connectivity index (χ3n) is 3.92. The molecule has 2 N–H and O–H groups in total. The van der Waals surface area contributed by atoms with Crippen LogP contribution in [-0.4, -0.2) is 33.7 Å². The van der Waals surface area contributed by atoms with E-state index in [0.29, 0.717) is 17.6 Å². The Morgan fingerprint density at radius 2 is 2.14 bits per heavy atom. The number of piperidine rings is 1. The molecule has 0 bridgehead atoms. The Bertz CT molecular complexity index is 737. The van der Waals surface area contributed by atoms with E-state index in [9.17, 15) is 4.79 Å². The Labute approximate surface area is 133 Å². The van der Waals surface area contributed by atoms with E-state index >= 15 is 0 Å². The quantitative estimate of drug-likeness (QED) is 0.906. The first-order valence-corrected chi connectivity index (χ1v) is 7.99. The average molecular weight is 322 g/mol. The van der Waals surface area contributed by atoms with E-state index in [4.69, 9.17) is 11.6 Å². The molecule has 0 saturated carbocycles. The van der Waals surface area contributed by atoms with Crippen LogP contribution in [-0.2, 0) is 0 Å². The van der Waals surface area contributed by atoms with Crippen LogP contribution in [0.4, 0.5) is 5.95 Å². The van der Waals surface area contributed by atoms with Crippen molar-refractivity contribution in [3.05, 3.63) is 27.6 Å². The van der Waals surface area contributed by atoms with Crippen molar-refractivity contribution in [2.45, 2.75) is 38.8 Å². The van der Waals surface area contributed by atoms with Gasteiger partial charge in [-0.1, -0.05) is 11.6 Å². The Balaban J connectivity index is 2.02. The van der Waals surface area contributed by atoms with E-state index in [1.807, 2.05) is 13.8 Å².